The Morgan fingerprint density at radius 2 is 1.92 bits per heavy atom. The van der Waals surface area contributed by atoms with Gasteiger partial charge < -0.3 is 21.7 Å². The van der Waals surface area contributed by atoms with Crippen molar-refractivity contribution in [1.82, 2.24) is 0 Å². The summed E-state index contributed by atoms with van der Waals surface area (Å²) < 4.78 is 0. The van der Waals surface area contributed by atoms with Gasteiger partial charge in [0.15, 0.2) is 0 Å². The number of hydrogen-bond acceptors (Lipinski definition) is 4. The molecule has 0 aromatic heterocycles. The summed E-state index contributed by atoms with van der Waals surface area (Å²) in [6.45, 7) is 0.169. The fraction of sp³-hybridized carbons (Fsp3) is 0.714. The molecule has 0 amide bonds. The first-order valence-electron chi connectivity index (χ1n) is 3.92. The van der Waals surface area contributed by atoms with Gasteiger partial charge in [-0.2, -0.15) is 0 Å². The largest absolute Gasteiger partial charge is 0.481 e. The van der Waals surface area contributed by atoms with Crippen LogP contribution in [0.3, 0.4) is 0 Å². The van der Waals surface area contributed by atoms with Gasteiger partial charge in [0.05, 0.1) is 5.92 Å². The van der Waals surface area contributed by atoms with Crippen LogP contribution in [0.1, 0.15) is 0 Å². The van der Waals surface area contributed by atoms with Crippen LogP contribution in [0.2, 0.25) is 0 Å². The minimum Gasteiger partial charge on any atom is -0.481 e. The molecule has 0 unspecified atom stereocenters. The van der Waals surface area contributed by atoms with E-state index >= 15 is 0 Å². The van der Waals surface area contributed by atoms with Crippen LogP contribution in [0, 0.1) is 17.8 Å². The van der Waals surface area contributed by atoms with E-state index in [1.165, 1.54) is 0 Å². The summed E-state index contributed by atoms with van der Waals surface area (Å²) in [5, 5.41) is 17.2. The summed E-state index contributed by atoms with van der Waals surface area (Å²) in [7, 11) is 0. The highest BCUT2D eigenvalue weighted by atomic mass is 16.4. The van der Waals surface area contributed by atoms with Gasteiger partial charge in [-0.1, -0.05) is 0 Å². The molecule has 13 heavy (non-hydrogen) atoms. The Balaban J connectivity index is 2.63. The second kappa shape index (κ2) is 3.31. The molecule has 0 spiro atoms. The molecule has 0 radical (unpaired) electrons. The molecular weight excluding hydrogens is 176 g/mol. The van der Waals surface area contributed by atoms with Crippen LogP contribution in [0.4, 0.5) is 0 Å². The zero-order chi connectivity index (χ0) is 10.2. The van der Waals surface area contributed by atoms with Crippen molar-refractivity contribution in [2.24, 2.45) is 29.2 Å². The maximum atomic E-state index is 10.6. The molecule has 0 heterocycles. The van der Waals surface area contributed by atoms with Crippen molar-refractivity contribution >= 4 is 11.9 Å². The number of aliphatic carboxylic acids is 2. The van der Waals surface area contributed by atoms with Gasteiger partial charge in [0.25, 0.3) is 0 Å². The van der Waals surface area contributed by atoms with E-state index in [0.717, 1.165) is 0 Å². The van der Waals surface area contributed by atoms with Gasteiger partial charge >= 0.3 is 11.9 Å². The van der Waals surface area contributed by atoms with Crippen molar-refractivity contribution in [2.45, 2.75) is 6.04 Å². The van der Waals surface area contributed by atoms with E-state index in [9.17, 15) is 9.59 Å². The molecule has 0 aromatic carbocycles. The lowest BCUT2D eigenvalue weighted by Gasteiger charge is -2.03. The predicted molar refractivity (Wildman–Crippen MR) is 42.8 cm³/mol. The number of carbonyl (C=O) groups is 2. The molecule has 6 nitrogen and oxygen atoms in total. The van der Waals surface area contributed by atoms with Crippen LogP contribution in [-0.2, 0) is 9.59 Å². The van der Waals surface area contributed by atoms with E-state index in [0.29, 0.717) is 0 Å². The zero-order valence-corrected chi connectivity index (χ0v) is 6.88. The SMILES string of the molecule is NC[C@H]1[C@H](C(=O)O)[C@H]1[C@H](N)C(=O)O. The third-order valence-corrected chi connectivity index (χ3v) is 2.49. The second-order valence-corrected chi connectivity index (χ2v) is 3.20. The van der Waals surface area contributed by atoms with Gasteiger partial charge in [-0.05, 0) is 12.5 Å². The first-order chi connectivity index (χ1) is 6.00. The van der Waals surface area contributed by atoms with E-state index in [1.807, 2.05) is 0 Å². The normalized spacial score (nSPS) is 33.8. The molecular formula is C7H12N2O4. The number of hydrogen-bond donors (Lipinski definition) is 4. The molecule has 0 saturated heterocycles. The van der Waals surface area contributed by atoms with Crippen LogP contribution in [0.25, 0.3) is 0 Å². The highest BCUT2D eigenvalue weighted by Gasteiger charge is 2.58. The van der Waals surface area contributed by atoms with Crippen LogP contribution >= 0.6 is 0 Å². The average molecular weight is 188 g/mol. The molecule has 1 aliphatic carbocycles. The van der Waals surface area contributed by atoms with E-state index in [1.54, 1.807) is 0 Å². The molecule has 1 rings (SSSR count). The van der Waals surface area contributed by atoms with Gasteiger partial charge in [0, 0.05) is 5.92 Å². The Hall–Kier alpha value is -1.14. The van der Waals surface area contributed by atoms with Gasteiger partial charge in [-0.25, -0.2) is 0 Å². The van der Waals surface area contributed by atoms with Crippen molar-refractivity contribution in [3.05, 3.63) is 0 Å². The topological polar surface area (TPSA) is 127 Å². The lowest BCUT2D eigenvalue weighted by atomic mass is 10.1. The van der Waals surface area contributed by atoms with E-state index in [2.05, 4.69) is 0 Å². The summed E-state index contributed by atoms with van der Waals surface area (Å²) in [6.07, 6.45) is 0. The van der Waals surface area contributed by atoms with Gasteiger partial charge in [-0.3, -0.25) is 9.59 Å². The van der Waals surface area contributed by atoms with Gasteiger partial charge in [0.1, 0.15) is 6.04 Å². The quantitative estimate of drug-likeness (QED) is 0.416. The smallest absolute Gasteiger partial charge is 0.320 e. The van der Waals surface area contributed by atoms with Crippen LogP contribution in [-0.4, -0.2) is 34.7 Å². The van der Waals surface area contributed by atoms with Crippen molar-refractivity contribution in [2.75, 3.05) is 6.54 Å². The third-order valence-electron chi connectivity index (χ3n) is 2.49. The van der Waals surface area contributed by atoms with Crippen molar-refractivity contribution in [3.8, 4) is 0 Å². The predicted octanol–water partition coefficient (Wildman–Crippen LogP) is -1.70. The summed E-state index contributed by atoms with van der Waals surface area (Å²) >= 11 is 0. The number of nitrogens with two attached hydrogens (primary N) is 2. The maximum absolute atomic E-state index is 10.6. The van der Waals surface area contributed by atoms with Crippen molar-refractivity contribution in [3.63, 3.8) is 0 Å². The van der Waals surface area contributed by atoms with Gasteiger partial charge in [-0.15, -0.1) is 0 Å². The summed E-state index contributed by atoms with van der Waals surface area (Å²) in [5.41, 5.74) is 10.6. The van der Waals surface area contributed by atoms with Crippen LogP contribution in [0.15, 0.2) is 0 Å². The van der Waals surface area contributed by atoms with Crippen molar-refractivity contribution in [1.29, 1.82) is 0 Å². The third kappa shape index (κ3) is 1.63. The lowest BCUT2D eigenvalue weighted by Crippen LogP contribution is -2.34. The Morgan fingerprint density at radius 3 is 2.15 bits per heavy atom. The fourth-order valence-electron chi connectivity index (χ4n) is 1.71. The highest BCUT2D eigenvalue weighted by Crippen LogP contribution is 2.47. The maximum Gasteiger partial charge on any atom is 0.320 e. The Morgan fingerprint density at radius 1 is 1.38 bits per heavy atom. The molecule has 0 aromatic rings. The minimum atomic E-state index is -1.17. The first-order valence-corrected chi connectivity index (χ1v) is 3.92. The molecule has 1 fully saturated rings. The number of carboxylic acid groups (broad SMARTS) is 2. The van der Waals surface area contributed by atoms with Crippen molar-refractivity contribution < 1.29 is 19.8 Å². The highest BCUT2D eigenvalue weighted by molar-refractivity contribution is 5.80. The van der Waals surface area contributed by atoms with E-state index in [-0.39, 0.29) is 12.5 Å². The summed E-state index contributed by atoms with van der Waals surface area (Å²) in [6, 6.07) is -1.12. The number of rotatable bonds is 4. The second-order valence-electron chi connectivity index (χ2n) is 3.20. The van der Waals surface area contributed by atoms with Gasteiger partial charge in [0.2, 0.25) is 0 Å². The molecule has 6 heteroatoms. The standard InChI is InChI=1S/C7H12N2O4/c8-1-2-3(4(2)6(10)11)5(9)7(12)13/h2-5H,1,8-9H2,(H,10,11)(H,12,13)/t2-,3+,4+,5+/m1/s1. The van der Waals surface area contributed by atoms with Crippen LogP contribution < -0.4 is 11.5 Å². The zero-order valence-electron chi connectivity index (χ0n) is 6.88. The molecule has 4 atom stereocenters. The summed E-state index contributed by atoms with van der Waals surface area (Å²) in [5.74, 6) is -3.68. The first kappa shape index (κ1) is 9.94. The van der Waals surface area contributed by atoms with E-state index in [4.69, 9.17) is 21.7 Å². The minimum absolute atomic E-state index is 0.169. The molecule has 1 aliphatic rings. The Labute approximate surface area is 74.5 Å². The average Bonchev–Trinajstić information content (AvgIpc) is 2.76. The number of carboxylic acids is 2. The Bertz CT molecular complexity index is 243. The molecule has 1 saturated carbocycles. The molecule has 0 aliphatic heterocycles. The monoisotopic (exact) mass is 188 g/mol. The molecule has 74 valence electrons. The summed E-state index contributed by atoms with van der Waals surface area (Å²) in [4.78, 5) is 21.0. The Kier molecular flexibility index (Phi) is 2.53. The fourth-order valence-corrected chi connectivity index (χ4v) is 1.71. The molecule has 6 N–H and O–H groups in total. The van der Waals surface area contributed by atoms with E-state index < -0.39 is 29.8 Å². The molecule has 0 bridgehead atoms. The van der Waals surface area contributed by atoms with Crippen LogP contribution in [0.5, 0.6) is 0 Å². The lowest BCUT2D eigenvalue weighted by molar-refractivity contribution is -0.140.